The summed E-state index contributed by atoms with van der Waals surface area (Å²) in [5.41, 5.74) is 2.10. The number of aromatic nitrogens is 2. The van der Waals surface area contributed by atoms with Gasteiger partial charge in [0.1, 0.15) is 12.6 Å². The molecule has 226 valence electrons. The number of carbonyl (C=O) groups excluding carboxylic acids is 3. The van der Waals surface area contributed by atoms with Crippen LogP contribution in [0.5, 0.6) is 0 Å². The SMILES string of the molecule is C[C@@H](NC(=O)[C@@H]1C[C@]2(C)C[C@@H]2N1C(=O)CN1Cc2cc(Br)ccc2C1=O)c1cc2cnccc2n1S(=O)(=O)c1ccccc1. The molecule has 3 aliphatic rings. The highest BCUT2D eigenvalue weighted by atomic mass is 79.9. The number of nitrogens with one attached hydrogen (secondary N) is 1. The first-order valence-electron chi connectivity index (χ1n) is 14.4. The second kappa shape index (κ2) is 10.3. The Kier molecular flexibility index (Phi) is 6.70. The van der Waals surface area contributed by atoms with Gasteiger partial charge in [-0.1, -0.05) is 41.1 Å². The normalized spacial score (nSPS) is 23.0. The minimum Gasteiger partial charge on any atom is -0.346 e. The topological polar surface area (TPSA) is 122 Å². The van der Waals surface area contributed by atoms with Crippen molar-refractivity contribution in [3.05, 3.63) is 94.4 Å². The molecular formula is C32H30BrN5O5S. The van der Waals surface area contributed by atoms with Gasteiger partial charge in [-0.2, -0.15) is 0 Å². The zero-order chi connectivity index (χ0) is 31.0. The predicted octanol–water partition coefficient (Wildman–Crippen LogP) is 4.25. The Morgan fingerprint density at radius 1 is 1.11 bits per heavy atom. The summed E-state index contributed by atoms with van der Waals surface area (Å²) in [5.74, 6) is -0.822. The molecule has 4 atom stereocenters. The maximum absolute atomic E-state index is 13.9. The van der Waals surface area contributed by atoms with E-state index in [1.807, 2.05) is 6.07 Å². The van der Waals surface area contributed by atoms with E-state index < -0.39 is 22.1 Å². The van der Waals surface area contributed by atoms with E-state index in [9.17, 15) is 22.8 Å². The van der Waals surface area contributed by atoms with Gasteiger partial charge in [0, 0.05) is 40.4 Å². The monoisotopic (exact) mass is 675 g/mol. The molecule has 10 nitrogen and oxygen atoms in total. The van der Waals surface area contributed by atoms with Crippen molar-refractivity contribution in [1.82, 2.24) is 24.1 Å². The molecule has 44 heavy (non-hydrogen) atoms. The number of amides is 3. The van der Waals surface area contributed by atoms with Crippen LogP contribution in [0.3, 0.4) is 0 Å². The van der Waals surface area contributed by atoms with E-state index in [1.54, 1.807) is 60.5 Å². The maximum Gasteiger partial charge on any atom is 0.268 e. The molecule has 0 unspecified atom stereocenters. The van der Waals surface area contributed by atoms with Crippen molar-refractivity contribution in [2.45, 2.75) is 56.3 Å². The Bertz CT molecular complexity index is 1960. The van der Waals surface area contributed by atoms with E-state index in [4.69, 9.17) is 0 Å². The lowest BCUT2D eigenvalue weighted by Crippen LogP contribution is -2.51. The van der Waals surface area contributed by atoms with E-state index in [0.717, 1.165) is 16.5 Å². The van der Waals surface area contributed by atoms with Crippen LogP contribution in [0.15, 0.2) is 82.4 Å². The molecule has 2 aliphatic heterocycles. The summed E-state index contributed by atoms with van der Waals surface area (Å²) in [6.07, 6.45) is 4.42. The zero-order valence-corrected chi connectivity index (χ0v) is 26.5. The number of hydrogen-bond donors (Lipinski definition) is 1. The van der Waals surface area contributed by atoms with E-state index in [1.165, 1.54) is 27.2 Å². The van der Waals surface area contributed by atoms with Gasteiger partial charge in [0.25, 0.3) is 15.9 Å². The third-order valence-electron chi connectivity index (χ3n) is 9.17. The van der Waals surface area contributed by atoms with Crippen LogP contribution >= 0.6 is 15.9 Å². The molecule has 1 aliphatic carbocycles. The maximum atomic E-state index is 13.9. The number of hydrogen-bond acceptors (Lipinski definition) is 6. The second-order valence-corrected chi connectivity index (χ2v) is 14.9. The van der Waals surface area contributed by atoms with Crippen LogP contribution in [-0.2, 0) is 26.2 Å². The number of fused-ring (bicyclic) bond motifs is 3. The standard InChI is InChI=1S/C32H30BrN5O5S/c1-19(26-13-20-16-34-11-10-25(20)38(26)44(42,43)23-6-4-3-5-7-23)35-30(40)27-14-32(2)15-28(32)37(27)29(39)18-36-17-21-12-22(33)8-9-24(21)31(36)41/h3-13,16,19,27-28H,14-15,17-18H2,1-2H3,(H,35,40)/t19-,27+,28+,32-/m1/s1. The van der Waals surface area contributed by atoms with E-state index in [-0.39, 0.29) is 40.6 Å². The second-order valence-electron chi connectivity index (χ2n) is 12.2. The summed E-state index contributed by atoms with van der Waals surface area (Å²) in [6.45, 7) is 4.02. The lowest BCUT2D eigenvalue weighted by Gasteiger charge is -2.30. The number of benzene rings is 2. The molecule has 0 radical (unpaired) electrons. The molecule has 1 saturated heterocycles. The Labute approximate surface area is 263 Å². The Hall–Kier alpha value is -4.03. The van der Waals surface area contributed by atoms with Crippen LogP contribution in [0.4, 0.5) is 0 Å². The number of piperidine rings is 1. The fourth-order valence-corrected chi connectivity index (χ4v) is 8.82. The van der Waals surface area contributed by atoms with E-state index >= 15 is 0 Å². The number of rotatable bonds is 7. The number of carbonyl (C=O) groups is 3. The van der Waals surface area contributed by atoms with Crippen molar-refractivity contribution in [2.75, 3.05) is 6.54 Å². The molecule has 2 aromatic carbocycles. The average Bonchev–Trinajstić information content (AvgIpc) is 3.26. The zero-order valence-electron chi connectivity index (χ0n) is 24.1. The van der Waals surface area contributed by atoms with Crippen molar-refractivity contribution in [3.8, 4) is 0 Å². The lowest BCUT2D eigenvalue weighted by atomic mass is 10.0. The third-order valence-corrected chi connectivity index (χ3v) is 11.4. The first kappa shape index (κ1) is 28.7. The highest BCUT2D eigenvalue weighted by Gasteiger charge is 2.64. The van der Waals surface area contributed by atoms with Crippen LogP contribution in [-0.4, -0.2) is 63.5 Å². The summed E-state index contributed by atoms with van der Waals surface area (Å²) < 4.78 is 29.8. The molecule has 4 aromatic rings. The van der Waals surface area contributed by atoms with Crippen LogP contribution in [0, 0.1) is 5.41 Å². The van der Waals surface area contributed by atoms with Crippen LogP contribution in [0.25, 0.3) is 10.9 Å². The summed E-state index contributed by atoms with van der Waals surface area (Å²) in [4.78, 5) is 48.1. The lowest BCUT2D eigenvalue weighted by molar-refractivity contribution is -0.140. The van der Waals surface area contributed by atoms with Crippen LogP contribution in [0.2, 0.25) is 0 Å². The summed E-state index contributed by atoms with van der Waals surface area (Å²) in [6, 6.07) is 15.4. The molecule has 4 heterocycles. The average molecular weight is 677 g/mol. The fraction of sp³-hybridized carbons (Fsp3) is 0.312. The van der Waals surface area contributed by atoms with Gasteiger partial charge in [0.05, 0.1) is 22.1 Å². The number of pyridine rings is 1. The smallest absolute Gasteiger partial charge is 0.268 e. The van der Waals surface area contributed by atoms with Gasteiger partial charge in [-0.3, -0.25) is 19.4 Å². The van der Waals surface area contributed by atoms with Crippen LogP contribution in [0.1, 0.15) is 54.3 Å². The Morgan fingerprint density at radius 2 is 1.89 bits per heavy atom. The minimum atomic E-state index is -4.00. The predicted molar refractivity (Wildman–Crippen MR) is 166 cm³/mol. The van der Waals surface area contributed by atoms with Crippen molar-refractivity contribution in [3.63, 3.8) is 0 Å². The first-order chi connectivity index (χ1) is 21.0. The van der Waals surface area contributed by atoms with Gasteiger partial charge in [-0.25, -0.2) is 12.4 Å². The largest absolute Gasteiger partial charge is 0.346 e. The van der Waals surface area contributed by atoms with Crippen molar-refractivity contribution in [1.29, 1.82) is 0 Å². The summed E-state index contributed by atoms with van der Waals surface area (Å²) in [5, 5.41) is 3.63. The molecule has 3 amide bonds. The first-order valence-corrected chi connectivity index (χ1v) is 16.7. The van der Waals surface area contributed by atoms with Crippen molar-refractivity contribution in [2.24, 2.45) is 5.41 Å². The fourth-order valence-electron chi connectivity index (χ4n) is 6.79. The molecule has 2 aromatic heterocycles. The van der Waals surface area contributed by atoms with Gasteiger partial charge >= 0.3 is 0 Å². The molecular weight excluding hydrogens is 646 g/mol. The Morgan fingerprint density at radius 3 is 2.66 bits per heavy atom. The molecule has 12 heteroatoms. The molecule has 0 spiro atoms. The molecule has 1 N–H and O–H groups in total. The van der Waals surface area contributed by atoms with Crippen molar-refractivity contribution < 1.29 is 22.8 Å². The van der Waals surface area contributed by atoms with E-state index in [2.05, 4.69) is 33.2 Å². The molecule has 7 rings (SSSR count). The molecule has 0 bridgehead atoms. The quantitative estimate of drug-likeness (QED) is 0.313. The molecule has 2 fully saturated rings. The Balaban J connectivity index is 1.14. The summed E-state index contributed by atoms with van der Waals surface area (Å²) in [7, 11) is -4.00. The highest BCUT2D eigenvalue weighted by molar-refractivity contribution is 9.10. The molecule has 1 saturated carbocycles. The summed E-state index contributed by atoms with van der Waals surface area (Å²) >= 11 is 3.44. The van der Waals surface area contributed by atoms with Gasteiger partial charge < -0.3 is 15.1 Å². The third kappa shape index (κ3) is 4.62. The van der Waals surface area contributed by atoms with Crippen molar-refractivity contribution >= 4 is 54.6 Å². The minimum absolute atomic E-state index is 0.0775. The number of likely N-dealkylation sites (tertiary alicyclic amines) is 1. The number of halogens is 1. The van der Waals surface area contributed by atoms with Gasteiger partial charge in [-0.15, -0.1) is 0 Å². The van der Waals surface area contributed by atoms with Gasteiger partial charge in [0.2, 0.25) is 11.8 Å². The van der Waals surface area contributed by atoms with Crippen LogP contribution < -0.4 is 5.32 Å². The van der Waals surface area contributed by atoms with Gasteiger partial charge in [-0.05, 0) is 73.2 Å². The highest BCUT2D eigenvalue weighted by Crippen LogP contribution is 2.59. The number of nitrogens with zero attached hydrogens (tertiary/aromatic N) is 4. The van der Waals surface area contributed by atoms with E-state index in [0.29, 0.717) is 35.1 Å². The van der Waals surface area contributed by atoms with Gasteiger partial charge in [0.15, 0.2) is 0 Å².